The first-order valence-electron chi connectivity index (χ1n) is 11.2. The molecule has 1 aliphatic carbocycles. The second-order valence-corrected chi connectivity index (χ2v) is 8.82. The third kappa shape index (κ3) is 3.41. The Kier molecular flexibility index (Phi) is 5.07. The molecule has 1 saturated carbocycles. The molecule has 5 rings (SSSR count). The smallest absolute Gasteiger partial charge is 0.253 e. The molecule has 156 valence electrons. The summed E-state index contributed by atoms with van der Waals surface area (Å²) in [6.07, 6.45) is 6.30. The number of carbonyl (C=O) groups excluding carboxylic acids is 1. The number of rotatable bonds is 4. The van der Waals surface area contributed by atoms with Gasteiger partial charge in [0, 0.05) is 36.9 Å². The normalized spacial score (nSPS) is 20.3. The molecule has 1 aromatic heterocycles. The topological polar surface area (TPSA) is 41.4 Å². The lowest BCUT2D eigenvalue weighted by molar-refractivity contribution is 0.0424. The van der Waals surface area contributed by atoms with Gasteiger partial charge in [0.15, 0.2) is 0 Å². The summed E-state index contributed by atoms with van der Waals surface area (Å²) in [7, 11) is 1.97. The SMILES string of the molecule is Cc1nc2ccccc2n1-c1ccc(C(=O)N(C)C2CCCN(C3CCC3)C2)cc1. The maximum atomic E-state index is 13.2. The Morgan fingerprint density at radius 1 is 1.03 bits per heavy atom. The van der Waals surface area contributed by atoms with Crippen molar-refractivity contribution >= 4 is 16.9 Å². The Labute approximate surface area is 178 Å². The Hall–Kier alpha value is -2.66. The second-order valence-electron chi connectivity index (χ2n) is 8.82. The average Bonchev–Trinajstić information content (AvgIpc) is 3.07. The van der Waals surface area contributed by atoms with Crippen LogP contribution in [0.25, 0.3) is 16.7 Å². The largest absolute Gasteiger partial charge is 0.337 e. The predicted molar refractivity (Wildman–Crippen MR) is 120 cm³/mol. The number of likely N-dealkylation sites (N-methyl/N-ethyl adjacent to an activating group) is 1. The fourth-order valence-electron chi connectivity index (χ4n) is 4.98. The zero-order valence-corrected chi connectivity index (χ0v) is 17.9. The fraction of sp³-hybridized carbons (Fsp3) is 0.440. The van der Waals surface area contributed by atoms with E-state index in [-0.39, 0.29) is 5.91 Å². The van der Waals surface area contributed by atoms with E-state index in [2.05, 4.69) is 20.5 Å². The van der Waals surface area contributed by atoms with E-state index in [1.54, 1.807) is 0 Å². The van der Waals surface area contributed by atoms with Gasteiger partial charge in [-0.1, -0.05) is 18.6 Å². The molecule has 0 N–H and O–H groups in total. The Morgan fingerprint density at radius 3 is 2.53 bits per heavy atom. The van der Waals surface area contributed by atoms with Crippen LogP contribution in [0.15, 0.2) is 48.5 Å². The standard InChI is InChI=1S/C25H30N4O/c1-18-26-23-10-3-4-11-24(23)29(18)21-14-12-19(13-15-21)25(30)27(2)22-9-6-16-28(17-22)20-7-5-8-20/h3-4,10-15,20,22H,5-9,16-17H2,1-2H3. The van der Waals surface area contributed by atoms with Crippen molar-refractivity contribution in [3.63, 3.8) is 0 Å². The highest BCUT2D eigenvalue weighted by Gasteiger charge is 2.32. The number of para-hydroxylation sites is 2. The maximum absolute atomic E-state index is 13.2. The third-order valence-electron chi connectivity index (χ3n) is 6.99. The lowest BCUT2D eigenvalue weighted by Crippen LogP contribution is -2.53. The summed E-state index contributed by atoms with van der Waals surface area (Å²) in [4.78, 5) is 22.4. The first kappa shape index (κ1) is 19.3. The summed E-state index contributed by atoms with van der Waals surface area (Å²) in [6, 6.07) is 17.2. The Bertz CT molecular complexity index is 1050. The number of amides is 1. The number of hydrogen-bond acceptors (Lipinski definition) is 3. The van der Waals surface area contributed by atoms with Crippen LogP contribution in [0, 0.1) is 6.92 Å². The number of benzene rings is 2. The number of aromatic nitrogens is 2. The molecule has 1 saturated heterocycles. The molecule has 2 aliphatic rings. The van der Waals surface area contributed by atoms with Crippen molar-refractivity contribution in [2.24, 2.45) is 0 Å². The van der Waals surface area contributed by atoms with Crippen molar-refractivity contribution in [2.45, 2.75) is 51.1 Å². The number of nitrogens with zero attached hydrogens (tertiary/aromatic N) is 4. The number of piperidine rings is 1. The lowest BCUT2D eigenvalue weighted by atomic mass is 9.89. The number of imidazole rings is 1. The van der Waals surface area contributed by atoms with E-state index in [1.165, 1.54) is 32.2 Å². The highest BCUT2D eigenvalue weighted by Crippen LogP contribution is 2.29. The lowest BCUT2D eigenvalue weighted by Gasteiger charge is -2.44. The molecular formula is C25H30N4O. The molecule has 1 aliphatic heterocycles. The van der Waals surface area contributed by atoms with Crippen LogP contribution in [0.1, 0.15) is 48.3 Å². The van der Waals surface area contributed by atoms with Gasteiger partial charge >= 0.3 is 0 Å². The predicted octanol–water partition coefficient (Wildman–Crippen LogP) is 4.42. The monoisotopic (exact) mass is 402 g/mol. The highest BCUT2D eigenvalue weighted by molar-refractivity contribution is 5.94. The second kappa shape index (κ2) is 7.88. The van der Waals surface area contributed by atoms with Crippen LogP contribution >= 0.6 is 0 Å². The van der Waals surface area contributed by atoms with Gasteiger partial charge < -0.3 is 4.90 Å². The maximum Gasteiger partial charge on any atom is 0.253 e. The minimum Gasteiger partial charge on any atom is -0.337 e. The van der Waals surface area contributed by atoms with Crippen LogP contribution in [0.2, 0.25) is 0 Å². The Balaban J connectivity index is 1.33. The molecule has 3 aromatic rings. The van der Waals surface area contributed by atoms with E-state index in [0.717, 1.165) is 47.1 Å². The highest BCUT2D eigenvalue weighted by atomic mass is 16.2. The summed E-state index contributed by atoms with van der Waals surface area (Å²) in [5, 5.41) is 0. The van der Waals surface area contributed by atoms with E-state index in [9.17, 15) is 4.79 Å². The third-order valence-corrected chi connectivity index (χ3v) is 6.99. The summed E-state index contributed by atoms with van der Waals surface area (Å²) in [6.45, 7) is 4.23. The summed E-state index contributed by atoms with van der Waals surface area (Å²) in [5.74, 6) is 1.07. The number of likely N-dealkylation sites (tertiary alicyclic amines) is 1. The van der Waals surface area contributed by atoms with Crippen molar-refractivity contribution in [3.05, 3.63) is 59.9 Å². The number of aryl methyl sites for hydroxylation is 1. The van der Waals surface area contributed by atoms with E-state index in [1.807, 2.05) is 61.3 Å². The van der Waals surface area contributed by atoms with Gasteiger partial charge in [-0.2, -0.15) is 0 Å². The minimum atomic E-state index is 0.120. The molecule has 1 amide bonds. The van der Waals surface area contributed by atoms with Gasteiger partial charge in [0.2, 0.25) is 0 Å². The average molecular weight is 403 g/mol. The van der Waals surface area contributed by atoms with E-state index < -0.39 is 0 Å². The molecule has 5 nitrogen and oxygen atoms in total. The minimum absolute atomic E-state index is 0.120. The van der Waals surface area contributed by atoms with Crippen LogP contribution in [-0.4, -0.2) is 57.5 Å². The van der Waals surface area contributed by atoms with Gasteiger partial charge in [0.25, 0.3) is 5.91 Å². The molecule has 0 spiro atoms. The van der Waals surface area contributed by atoms with Crippen LogP contribution < -0.4 is 0 Å². The van der Waals surface area contributed by atoms with Crippen molar-refractivity contribution in [3.8, 4) is 5.69 Å². The molecule has 2 aromatic carbocycles. The zero-order valence-electron chi connectivity index (χ0n) is 17.9. The van der Waals surface area contributed by atoms with Crippen LogP contribution in [0.3, 0.4) is 0 Å². The quantitative estimate of drug-likeness (QED) is 0.649. The van der Waals surface area contributed by atoms with E-state index in [0.29, 0.717) is 6.04 Å². The zero-order chi connectivity index (χ0) is 20.7. The Morgan fingerprint density at radius 2 is 1.80 bits per heavy atom. The van der Waals surface area contributed by atoms with Gasteiger partial charge in [0.1, 0.15) is 5.82 Å². The van der Waals surface area contributed by atoms with Gasteiger partial charge in [-0.15, -0.1) is 0 Å². The molecule has 30 heavy (non-hydrogen) atoms. The molecule has 1 unspecified atom stereocenters. The van der Waals surface area contributed by atoms with Crippen LogP contribution in [0.5, 0.6) is 0 Å². The van der Waals surface area contributed by atoms with E-state index in [4.69, 9.17) is 0 Å². The molecule has 5 heteroatoms. The van der Waals surface area contributed by atoms with Crippen LogP contribution in [-0.2, 0) is 0 Å². The van der Waals surface area contributed by atoms with Crippen molar-refractivity contribution in [1.29, 1.82) is 0 Å². The van der Waals surface area contributed by atoms with Crippen LogP contribution in [0.4, 0.5) is 0 Å². The first-order chi connectivity index (χ1) is 14.6. The molecule has 1 atom stereocenters. The summed E-state index contributed by atoms with van der Waals surface area (Å²) < 4.78 is 2.14. The van der Waals surface area contributed by atoms with Gasteiger partial charge in [-0.25, -0.2) is 4.98 Å². The number of carbonyl (C=O) groups is 1. The molecular weight excluding hydrogens is 372 g/mol. The molecule has 0 radical (unpaired) electrons. The van der Waals surface area contributed by atoms with Gasteiger partial charge in [-0.3, -0.25) is 14.3 Å². The van der Waals surface area contributed by atoms with Gasteiger partial charge in [0.05, 0.1) is 11.0 Å². The van der Waals surface area contributed by atoms with Crippen molar-refractivity contribution in [2.75, 3.05) is 20.1 Å². The molecule has 2 fully saturated rings. The van der Waals surface area contributed by atoms with E-state index >= 15 is 0 Å². The van der Waals surface area contributed by atoms with Crippen molar-refractivity contribution in [1.82, 2.24) is 19.4 Å². The molecule has 2 heterocycles. The first-order valence-corrected chi connectivity index (χ1v) is 11.2. The number of hydrogen-bond donors (Lipinski definition) is 0. The summed E-state index contributed by atoms with van der Waals surface area (Å²) >= 11 is 0. The number of fused-ring (bicyclic) bond motifs is 1. The fourth-order valence-corrected chi connectivity index (χ4v) is 4.98. The van der Waals surface area contributed by atoms with Crippen molar-refractivity contribution < 1.29 is 4.79 Å². The summed E-state index contributed by atoms with van der Waals surface area (Å²) in [5.41, 5.74) is 3.87. The molecule has 0 bridgehead atoms. The van der Waals surface area contributed by atoms with Gasteiger partial charge in [-0.05, 0) is 75.5 Å².